The van der Waals surface area contributed by atoms with Gasteiger partial charge < -0.3 is 5.73 Å². The Bertz CT molecular complexity index is 170. The molecule has 0 aromatic carbocycles. The van der Waals surface area contributed by atoms with E-state index in [4.69, 9.17) is 5.73 Å². The van der Waals surface area contributed by atoms with Crippen molar-refractivity contribution in [3.63, 3.8) is 0 Å². The topological polar surface area (TPSA) is 43.1 Å². The Hall–Kier alpha value is -0.530. The molecule has 0 aliphatic carbocycles. The van der Waals surface area contributed by atoms with Crippen molar-refractivity contribution in [3.05, 3.63) is 0 Å². The van der Waals surface area contributed by atoms with E-state index in [2.05, 4.69) is 20.8 Å². The maximum atomic E-state index is 10.5. The molecule has 0 aliphatic rings. The molecular formula is C13H27NO. The first-order valence-corrected chi connectivity index (χ1v) is 6.20. The van der Waals surface area contributed by atoms with Gasteiger partial charge in [-0.15, -0.1) is 0 Å². The van der Waals surface area contributed by atoms with Crippen molar-refractivity contribution >= 4 is 5.91 Å². The first kappa shape index (κ1) is 14.5. The lowest BCUT2D eigenvalue weighted by Gasteiger charge is -2.17. The predicted molar refractivity (Wildman–Crippen MR) is 65.6 cm³/mol. The fourth-order valence-corrected chi connectivity index (χ4v) is 1.66. The molecule has 0 radical (unpaired) electrons. The van der Waals surface area contributed by atoms with Gasteiger partial charge in [-0.2, -0.15) is 0 Å². The number of hydrogen-bond donors (Lipinski definition) is 1. The van der Waals surface area contributed by atoms with Crippen molar-refractivity contribution in [2.45, 2.75) is 72.1 Å². The monoisotopic (exact) mass is 213 g/mol. The molecule has 90 valence electrons. The van der Waals surface area contributed by atoms with Crippen LogP contribution in [0.15, 0.2) is 0 Å². The van der Waals surface area contributed by atoms with Crippen molar-refractivity contribution in [1.29, 1.82) is 0 Å². The molecule has 15 heavy (non-hydrogen) atoms. The van der Waals surface area contributed by atoms with Gasteiger partial charge in [-0.25, -0.2) is 0 Å². The van der Waals surface area contributed by atoms with E-state index in [-0.39, 0.29) is 5.91 Å². The van der Waals surface area contributed by atoms with Crippen molar-refractivity contribution < 1.29 is 4.79 Å². The summed E-state index contributed by atoms with van der Waals surface area (Å²) >= 11 is 0. The van der Waals surface area contributed by atoms with Crippen LogP contribution in [0.25, 0.3) is 0 Å². The molecule has 0 saturated heterocycles. The summed E-state index contributed by atoms with van der Waals surface area (Å²) in [4.78, 5) is 10.5. The van der Waals surface area contributed by atoms with Crippen molar-refractivity contribution in [1.82, 2.24) is 0 Å². The van der Waals surface area contributed by atoms with Gasteiger partial charge in [-0.3, -0.25) is 4.79 Å². The second kappa shape index (κ2) is 7.72. The first-order valence-electron chi connectivity index (χ1n) is 6.20. The minimum absolute atomic E-state index is 0.164. The summed E-state index contributed by atoms with van der Waals surface area (Å²) in [5.41, 5.74) is 5.54. The molecule has 0 bridgehead atoms. The van der Waals surface area contributed by atoms with E-state index in [0.29, 0.717) is 11.8 Å². The lowest BCUT2D eigenvalue weighted by Crippen LogP contribution is -2.09. The second-order valence-corrected chi connectivity index (χ2v) is 5.65. The molecular weight excluding hydrogens is 186 g/mol. The highest BCUT2D eigenvalue weighted by molar-refractivity contribution is 5.73. The fraction of sp³-hybridized carbons (Fsp3) is 0.923. The van der Waals surface area contributed by atoms with Crippen LogP contribution in [0.1, 0.15) is 72.1 Å². The second-order valence-electron chi connectivity index (χ2n) is 5.65. The number of primary amides is 1. The maximum absolute atomic E-state index is 10.5. The summed E-state index contributed by atoms with van der Waals surface area (Å²) in [6.45, 7) is 6.87. The standard InChI is InChI=1S/C13H27NO/c1-13(2,3)11-9-7-5-4-6-8-10-12(14)15/h4-11H2,1-3H3,(H2,14,15). The van der Waals surface area contributed by atoms with Crippen molar-refractivity contribution in [2.75, 3.05) is 0 Å². The quantitative estimate of drug-likeness (QED) is 0.615. The van der Waals surface area contributed by atoms with Gasteiger partial charge in [0, 0.05) is 6.42 Å². The Kier molecular flexibility index (Phi) is 7.45. The van der Waals surface area contributed by atoms with Gasteiger partial charge in [0.2, 0.25) is 5.91 Å². The summed E-state index contributed by atoms with van der Waals surface area (Å²) in [6.07, 6.45) is 9.20. The summed E-state index contributed by atoms with van der Waals surface area (Å²) in [5, 5.41) is 0. The van der Waals surface area contributed by atoms with Crippen LogP contribution in [0, 0.1) is 5.41 Å². The van der Waals surface area contributed by atoms with Crippen molar-refractivity contribution in [3.8, 4) is 0 Å². The number of carbonyl (C=O) groups is 1. The van der Waals surface area contributed by atoms with Crippen LogP contribution in [0.2, 0.25) is 0 Å². The highest BCUT2D eigenvalue weighted by atomic mass is 16.1. The zero-order chi connectivity index (χ0) is 11.7. The Balaban J connectivity index is 3.09. The first-order chi connectivity index (χ1) is 6.92. The molecule has 0 heterocycles. The highest BCUT2D eigenvalue weighted by Crippen LogP contribution is 2.22. The molecule has 0 aromatic heterocycles. The number of rotatable bonds is 8. The third kappa shape index (κ3) is 13.5. The van der Waals surface area contributed by atoms with Crippen molar-refractivity contribution in [2.24, 2.45) is 11.1 Å². The minimum atomic E-state index is -0.164. The van der Waals surface area contributed by atoms with Gasteiger partial charge >= 0.3 is 0 Å². The van der Waals surface area contributed by atoms with Crippen LogP contribution < -0.4 is 5.73 Å². The minimum Gasteiger partial charge on any atom is -0.370 e. The normalized spacial score (nSPS) is 11.7. The molecule has 0 unspecified atom stereocenters. The molecule has 0 rings (SSSR count). The Morgan fingerprint density at radius 1 is 0.933 bits per heavy atom. The molecule has 2 heteroatoms. The third-order valence-corrected chi connectivity index (χ3v) is 2.60. The third-order valence-electron chi connectivity index (χ3n) is 2.60. The van der Waals surface area contributed by atoms with Crippen LogP contribution in [-0.4, -0.2) is 5.91 Å². The lowest BCUT2D eigenvalue weighted by atomic mass is 9.89. The number of carbonyl (C=O) groups excluding carboxylic acids is 1. The number of amides is 1. The van der Waals surface area contributed by atoms with Gasteiger partial charge in [-0.1, -0.05) is 52.9 Å². The predicted octanol–water partition coefficient (Wildman–Crippen LogP) is 3.64. The van der Waals surface area contributed by atoms with Gasteiger partial charge in [0.05, 0.1) is 0 Å². The number of unbranched alkanes of at least 4 members (excludes halogenated alkanes) is 5. The molecule has 0 saturated carbocycles. The Labute approximate surface area is 94.6 Å². The molecule has 2 nitrogen and oxygen atoms in total. The summed E-state index contributed by atoms with van der Waals surface area (Å²) in [7, 11) is 0. The largest absolute Gasteiger partial charge is 0.370 e. The average Bonchev–Trinajstić information content (AvgIpc) is 2.07. The average molecular weight is 213 g/mol. The highest BCUT2D eigenvalue weighted by Gasteiger charge is 2.08. The van der Waals surface area contributed by atoms with E-state index in [1.54, 1.807) is 0 Å². The fourth-order valence-electron chi connectivity index (χ4n) is 1.66. The number of hydrogen-bond acceptors (Lipinski definition) is 1. The Morgan fingerprint density at radius 2 is 1.40 bits per heavy atom. The molecule has 0 atom stereocenters. The van der Waals surface area contributed by atoms with E-state index in [0.717, 1.165) is 12.8 Å². The van der Waals surface area contributed by atoms with E-state index in [1.165, 1.54) is 32.1 Å². The van der Waals surface area contributed by atoms with E-state index in [9.17, 15) is 4.79 Å². The van der Waals surface area contributed by atoms with E-state index < -0.39 is 0 Å². The zero-order valence-electron chi connectivity index (χ0n) is 10.6. The molecule has 0 aromatic rings. The van der Waals surface area contributed by atoms with Crippen LogP contribution >= 0.6 is 0 Å². The molecule has 1 amide bonds. The molecule has 0 aliphatic heterocycles. The molecule has 0 spiro atoms. The van der Waals surface area contributed by atoms with Crippen LogP contribution in [0.3, 0.4) is 0 Å². The smallest absolute Gasteiger partial charge is 0.217 e. The van der Waals surface area contributed by atoms with Gasteiger partial charge in [0.1, 0.15) is 0 Å². The van der Waals surface area contributed by atoms with E-state index in [1.807, 2.05) is 0 Å². The van der Waals surface area contributed by atoms with Gasteiger partial charge in [-0.05, 0) is 18.3 Å². The summed E-state index contributed by atoms with van der Waals surface area (Å²) < 4.78 is 0. The van der Waals surface area contributed by atoms with Gasteiger partial charge in [0.25, 0.3) is 0 Å². The van der Waals surface area contributed by atoms with E-state index >= 15 is 0 Å². The zero-order valence-corrected chi connectivity index (χ0v) is 10.6. The summed E-state index contributed by atoms with van der Waals surface area (Å²) in [5.74, 6) is -0.164. The van der Waals surface area contributed by atoms with Crippen LogP contribution in [0.4, 0.5) is 0 Å². The number of nitrogens with two attached hydrogens (primary N) is 1. The molecule has 0 fully saturated rings. The van der Waals surface area contributed by atoms with Gasteiger partial charge in [0.15, 0.2) is 0 Å². The lowest BCUT2D eigenvalue weighted by molar-refractivity contribution is -0.118. The van der Waals surface area contributed by atoms with Crippen LogP contribution in [0.5, 0.6) is 0 Å². The molecule has 2 N–H and O–H groups in total. The maximum Gasteiger partial charge on any atom is 0.217 e. The van der Waals surface area contributed by atoms with Crippen LogP contribution in [-0.2, 0) is 4.79 Å². The SMILES string of the molecule is CC(C)(C)CCCCCCCCC(N)=O. The summed E-state index contributed by atoms with van der Waals surface area (Å²) in [6, 6.07) is 0. The Morgan fingerprint density at radius 3 is 1.87 bits per heavy atom.